The molecule has 0 bridgehead atoms. The molecule has 0 radical (unpaired) electrons. The minimum absolute atomic E-state index is 0.0880. The van der Waals surface area contributed by atoms with Gasteiger partial charge in [-0.3, -0.25) is 0 Å². The molecule has 30 heavy (non-hydrogen) atoms. The number of hydrogen-bond donors (Lipinski definition) is 3. The summed E-state index contributed by atoms with van der Waals surface area (Å²) in [5, 5.41) is 21.3. The van der Waals surface area contributed by atoms with Gasteiger partial charge in [-0.25, -0.2) is 8.78 Å². The van der Waals surface area contributed by atoms with Gasteiger partial charge in [0.05, 0.1) is 52.6 Å². The molecular weight excluding hydrogens is 386 g/mol. The van der Waals surface area contributed by atoms with Crippen LogP contribution >= 0.6 is 0 Å². The third-order valence-electron chi connectivity index (χ3n) is 4.88. The molecule has 0 saturated carbocycles. The summed E-state index contributed by atoms with van der Waals surface area (Å²) >= 11 is 0. The van der Waals surface area contributed by atoms with Crippen molar-refractivity contribution < 1.29 is 8.78 Å². The van der Waals surface area contributed by atoms with E-state index in [1.54, 1.807) is 18.1 Å². The first-order valence-corrected chi connectivity index (χ1v) is 8.79. The fourth-order valence-corrected chi connectivity index (χ4v) is 3.36. The maximum absolute atomic E-state index is 14.8. The molecule has 150 valence electrons. The molecule has 8 heteroatoms. The van der Waals surface area contributed by atoms with Gasteiger partial charge in [-0.15, -0.1) is 0 Å². The van der Waals surface area contributed by atoms with Crippen LogP contribution in [0.1, 0.15) is 11.1 Å². The average Bonchev–Trinajstić information content (AvgIpc) is 2.72. The van der Waals surface area contributed by atoms with Crippen LogP contribution in [0.4, 0.5) is 37.2 Å². The lowest BCUT2D eigenvalue weighted by atomic mass is 9.88. The highest BCUT2D eigenvalue weighted by atomic mass is 19.1. The van der Waals surface area contributed by atoms with Crippen molar-refractivity contribution in [1.82, 2.24) is 0 Å². The highest BCUT2D eigenvalue weighted by molar-refractivity contribution is 6.01. The molecule has 2 aromatic carbocycles. The maximum atomic E-state index is 14.8. The third kappa shape index (κ3) is 3.11. The Labute approximate surface area is 172 Å². The Morgan fingerprint density at radius 3 is 2.50 bits per heavy atom. The van der Waals surface area contributed by atoms with Gasteiger partial charge in [0.1, 0.15) is 5.82 Å². The van der Waals surface area contributed by atoms with E-state index in [2.05, 4.69) is 18.5 Å². The van der Waals surface area contributed by atoms with E-state index in [4.69, 9.17) is 11.5 Å². The van der Waals surface area contributed by atoms with E-state index in [0.29, 0.717) is 28.1 Å². The predicted octanol–water partition coefficient (Wildman–Crippen LogP) is 4.37. The van der Waals surface area contributed by atoms with Crippen LogP contribution in [0.15, 0.2) is 48.7 Å². The molecule has 0 fully saturated rings. The number of halogens is 2. The van der Waals surface area contributed by atoms with Gasteiger partial charge in [-0.05, 0) is 29.3 Å². The highest BCUT2D eigenvalue weighted by Crippen LogP contribution is 2.48. The van der Waals surface area contributed by atoms with Crippen LogP contribution in [0.5, 0.6) is 0 Å². The van der Waals surface area contributed by atoms with Crippen LogP contribution in [0.3, 0.4) is 0 Å². The van der Waals surface area contributed by atoms with E-state index in [1.807, 2.05) is 12.1 Å². The molecule has 5 N–H and O–H groups in total. The van der Waals surface area contributed by atoms with Crippen LogP contribution < -0.4 is 21.7 Å². The zero-order valence-electron chi connectivity index (χ0n) is 16.2. The van der Waals surface area contributed by atoms with E-state index in [-0.39, 0.29) is 34.6 Å². The van der Waals surface area contributed by atoms with Crippen molar-refractivity contribution in [3.8, 4) is 12.1 Å². The quantitative estimate of drug-likeness (QED) is 0.515. The van der Waals surface area contributed by atoms with Gasteiger partial charge in [0.25, 0.3) is 0 Å². The first-order valence-electron chi connectivity index (χ1n) is 8.79. The molecule has 0 aliphatic carbocycles. The standard InChI is InChI=1S/C22H18F2N6/c1-11(9-26)14-10-30(18-7-16(27)15(23)6-13(18)4-5-25)19-8-17(29-3)21(24)22(28)20(19)12(14)2/h6-8,10,29H,1-2,4,27-28H2,3H3. The number of nitrogens with one attached hydrogen (secondary N) is 1. The summed E-state index contributed by atoms with van der Waals surface area (Å²) in [6, 6.07) is 8.01. The Morgan fingerprint density at radius 1 is 1.20 bits per heavy atom. The second-order valence-electron chi connectivity index (χ2n) is 6.61. The van der Waals surface area contributed by atoms with Crippen LogP contribution in [0, 0.1) is 34.3 Å². The number of allylic oxidation sites excluding steroid dienone is 3. The van der Waals surface area contributed by atoms with E-state index < -0.39 is 11.6 Å². The number of rotatable bonds is 4. The summed E-state index contributed by atoms with van der Waals surface area (Å²) in [6.07, 6.45) is 1.47. The first-order chi connectivity index (χ1) is 14.2. The summed E-state index contributed by atoms with van der Waals surface area (Å²) in [7, 11) is 1.54. The molecule has 0 unspecified atom stereocenters. The summed E-state index contributed by atoms with van der Waals surface area (Å²) in [5.74, 6) is -1.33. The smallest absolute Gasteiger partial charge is 0.169 e. The Hall–Kier alpha value is -4.30. The SMILES string of the molecule is C=C(C#N)C1=CN(c2cc(N)c(F)cc2CC#N)c2cc(NC)c(F)c(N)c2C1=C. The fraction of sp³-hybridized carbons (Fsp3) is 0.0909. The molecule has 0 atom stereocenters. The van der Waals surface area contributed by atoms with E-state index in [1.165, 1.54) is 18.2 Å². The number of nitrogens with two attached hydrogens (primary N) is 2. The number of benzene rings is 2. The average molecular weight is 404 g/mol. The Kier molecular flexibility index (Phi) is 5.18. The predicted molar refractivity (Wildman–Crippen MR) is 114 cm³/mol. The van der Waals surface area contributed by atoms with Crippen molar-refractivity contribution in [2.24, 2.45) is 0 Å². The largest absolute Gasteiger partial charge is 0.396 e. The van der Waals surface area contributed by atoms with Crippen molar-refractivity contribution in [1.29, 1.82) is 10.5 Å². The Morgan fingerprint density at radius 2 is 1.90 bits per heavy atom. The molecule has 3 rings (SSSR count). The molecule has 1 heterocycles. The Balaban J connectivity index is 2.41. The molecule has 0 saturated heterocycles. The Bertz CT molecular complexity index is 1210. The maximum Gasteiger partial charge on any atom is 0.169 e. The minimum atomic E-state index is -0.669. The summed E-state index contributed by atoms with van der Waals surface area (Å²) in [4.78, 5) is 1.58. The minimum Gasteiger partial charge on any atom is -0.396 e. The van der Waals surface area contributed by atoms with Crippen LogP contribution in [0.2, 0.25) is 0 Å². The van der Waals surface area contributed by atoms with Crippen LogP contribution in [0.25, 0.3) is 5.57 Å². The number of nitriles is 2. The normalized spacial score (nSPS) is 12.5. The van der Waals surface area contributed by atoms with Crippen LogP contribution in [-0.2, 0) is 6.42 Å². The van der Waals surface area contributed by atoms with E-state index in [0.717, 1.165) is 0 Å². The number of nitrogens with zero attached hydrogens (tertiary/aromatic N) is 3. The summed E-state index contributed by atoms with van der Waals surface area (Å²) in [6.45, 7) is 7.69. The molecule has 0 amide bonds. The molecular formula is C22H18F2N6. The number of anilines is 5. The van der Waals surface area contributed by atoms with Gasteiger partial charge >= 0.3 is 0 Å². The van der Waals surface area contributed by atoms with Crippen molar-refractivity contribution >= 4 is 34.0 Å². The molecule has 1 aliphatic heterocycles. The van der Waals surface area contributed by atoms with E-state index >= 15 is 0 Å². The monoisotopic (exact) mass is 404 g/mol. The van der Waals surface area contributed by atoms with E-state index in [9.17, 15) is 19.3 Å². The number of fused-ring (bicyclic) bond motifs is 1. The van der Waals surface area contributed by atoms with Crippen molar-refractivity contribution in [2.75, 3.05) is 28.7 Å². The number of nitrogen functional groups attached to an aromatic ring is 2. The lowest BCUT2D eigenvalue weighted by molar-refractivity contribution is 0.631. The van der Waals surface area contributed by atoms with Crippen molar-refractivity contribution in [3.63, 3.8) is 0 Å². The second-order valence-corrected chi connectivity index (χ2v) is 6.61. The highest BCUT2D eigenvalue weighted by Gasteiger charge is 2.30. The van der Waals surface area contributed by atoms with Crippen molar-refractivity contribution in [2.45, 2.75) is 6.42 Å². The fourth-order valence-electron chi connectivity index (χ4n) is 3.36. The molecule has 0 spiro atoms. The summed E-state index contributed by atoms with van der Waals surface area (Å²) < 4.78 is 28.8. The van der Waals surface area contributed by atoms with Gasteiger partial charge in [-0.1, -0.05) is 13.2 Å². The van der Waals surface area contributed by atoms with Gasteiger partial charge in [0.2, 0.25) is 0 Å². The van der Waals surface area contributed by atoms with Gasteiger partial charge in [0, 0.05) is 24.4 Å². The lowest BCUT2D eigenvalue weighted by Gasteiger charge is -2.33. The molecule has 6 nitrogen and oxygen atoms in total. The third-order valence-corrected chi connectivity index (χ3v) is 4.88. The zero-order chi connectivity index (χ0) is 22.2. The van der Waals surface area contributed by atoms with Gasteiger partial charge < -0.3 is 21.7 Å². The summed E-state index contributed by atoms with van der Waals surface area (Å²) in [5.41, 5.74) is 13.9. The van der Waals surface area contributed by atoms with Gasteiger partial charge in [0.15, 0.2) is 5.82 Å². The molecule has 1 aliphatic rings. The second kappa shape index (κ2) is 7.61. The number of hydrogen-bond acceptors (Lipinski definition) is 6. The topological polar surface area (TPSA) is 115 Å². The first kappa shape index (κ1) is 20.4. The van der Waals surface area contributed by atoms with Gasteiger partial charge in [-0.2, -0.15) is 10.5 Å². The zero-order valence-corrected chi connectivity index (χ0v) is 16.2. The van der Waals surface area contributed by atoms with Crippen LogP contribution in [-0.4, -0.2) is 7.05 Å². The molecule has 0 aromatic heterocycles. The van der Waals surface area contributed by atoms with Crippen molar-refractivity contribution in [3.05, 3.63) is 71.5 Å². The lowest BCUT2D eigenvalue weighted by Crippen LogP contribution is -2.21. The molecule has 2 aromatic rings.